The molecule has 3 rings (SSSR count). The number of carbonyl (C=O) groups is 1. The van der Waals surface area contributed by atoms with Crippen LogP contribution in [0.4, 0.5) is 0 Å². The Morgan fingerprint density at radius 2 is 1.93 bits per heavy atom. The zero-order valence-electron chi connectivity index (χ0n) is 17.2. The summed E-state index contributed by atoms with van der Waals surface area (Å²) in [5, 5.41) is 6.49. The van der Waals surface area contributed by atoms with Gasteiger partial charge in [0.1, 0.15) is 17.9 Å². The van der Waals surface area contributed by atoms with Crippen LogP contribution < -0.4 is 4.74 Å². The van der Waals surface area contributed by atoms with Gasteiger partial charge in [0.05, 0.1) is 53.0 Å². The van der Waals surface area contributed by atoms with Crippen molar-refractivity contribution >= 4 is 17.8 Å². The summed E-state index contributed by atoms with van der Waals surface area (Å²) in [6.07, 6.45) is 3.20. The molecule has 7 heteroatoms. The lowest BCUT2D eigenvalue weighted by Gasteiger charge is -2.23. The van der Waals surface area contributed by atoms with E-state index in [1.807, 2.05) is 59.8 Å². The molecule has 0 aliphatic carbocycles. The third-order valence-electron chi connectivity index (χ3n) is 4.56. The molecule has 1 heterocycles. The maximum atomic E-state index is 12.1. The first-order chi connectivity index (χ1) is 14.7. The van der Waals surface area contributed by atoms with Crippen molar-refractivity contribution in [3.8, 4) is 5.75 Å². The number of hydrazone groups is 1. The molecule has 158 valence electrons. The Hall–Kier alpha value is -3.32. The molecule has 2 aromatic carbocycles. The van der Waals surface area contributed by atoms with E-state index in [1.54, 1.807) is 0 Å². The predicted octanol–water partition coefficient (Wildman–Crippen LogP) is 3.09. The molecule has 0 N–H and O–H groups in total. The van der Waals surface area contributed by atoms with Crippen LogP contribution >= 0.6 is 0 Å². The van der Waals surface area contributed by atoms with Gasteiger partial charge in [0.15, 0.2) is 0 Å². The van der Waals surface area contributed by atoms with Gasteiger partial charge < -0.3 is 18.9 Å². The Balaban J connectivity index is 1.71. The summed E-state index contributed by atoms with van der Waals surface area (Å²) in [6.45, 7) is 3.27. The number of hydrogen-bond donors (Lipinski definition) is 0. The minimum absolute atomic E-state index is 0.290. The molecule has 0 unspecified atom stereocenters. The topological polar surface area (TPSA) is 69.6 Å². The van der Waals surface area contributed by atoms with E-state index in [2.05, 4.69) is 5.10 Å². The van der Waals surface area contributed by atoms with Gasteiger partial charge in [-0.05, 0) is 28.8 Å². The Bertz CT molecular complexity index is 904. The van der Waals surface area contributed by atoms with Crippen molar-refractivity contribution in [1.29, 1.82) is 0 Å². The van der Waals surface area contributed by atoms with Crippen LogP contribution in [0, 0.1) is 0 Å². The highest BCUT2D eigenvalue weighted by Crippen LogP contribution is 2.23. The smallest absolute Gasteiger partial charge is 0.341 e. The molecule has 1 fully saturated rings. The SMILES string of the molecule is CO/C=C(\C(=O)OC)c1ccccc1COc1cccc(/C=N/N2CCOCC2)c1. The Labute approximate surface area is 176 Å². The molecule has 0 saturated carbocycles. The van der Waals surface area contributed by atoms with Crippen molar-refractivity contribution in [3.63, 3.8) is 0 Å². The minimum atomic E-state index is -0.467. The Morgan fingerprint density at radius 3 is 2.70 bits per heavy atom. The van der Waals surface area contributed by atoms with E-state index in [1.165, 1.54) is 20.5 Å². The van der Waals surface area contributed by atoms with Crippen molar-refractivity contribution in [3.05, 3.63) is 71.5 Å². The van der Waals surface area contributed by atoms with Crippen LogP contribution in [0.2, 0.25) is 0 Å². The number of methoxy groups -OCH3 is 2. The van der Waals surface area contributed by atoms with Crippen molar-refractivity contribution in [2.75, 3.05) is 40.5 Å². The second-order valence-corrected chi connectivity index (χ2v) is 6.59. The van der Waals surface area contributed by atoms with E-state index in [-0.39, 0.29) is 6.61 Å². The third-order valence-corrected chi connectivity index (χ3v) is 4.56. The summed E-state index contributed by atoms with van der Waals surface area (Å²) in [5.74, 6) is 0.247. The van der Waals surface area contributed by atoms with E-state index in [4.69, 9.17) is 18.9 Å². The molecule has 0 bridgehead atoms. The average molecular weight is 410 g/mol. The van der Waals surface area contributed by atoms with Gasteiger partial charge in [0, 0.05) is 0 Å². The van der Waals surface area contributed by atoms with Crippen LogP contribution in [0.1, 0.15) is 16.7 Å². The molecule has 0 amide bonds. The molecule has 0 spiro atoms. The molecule has 2 aromatic rings. The highest BCUT2D eigenvalue weighted by molar-refractivity contribution is 6.16. The standard InChI is InChI=1S/C23H26N2O5/c1-27-17-22(23(26)28-2)21-9-4-3-7-19(21)16-30-20-8-5-6-18(14-20)15-24-25-10-12-29-13-11-25/h3-9,14-15,17H,10-13,16H2,1-2H3/b22-17-,24-15+. The second-order valence-electron chi connectivity index (χ2n) is 6.59. The number of ether oxygens (including phenoxy) is 4. The van der Waals surface area contributed by atoms with Gasteiger partial charge in [-0.25, -0.2) is 4.79 Å². The number of nitrogens with zero attached hydrogens (tertiary/aromatic N) is 2. The lowest BCUT2D eigenvalue weighted by Crippen LogP contribution is -2.32. The fourth-order valence-electron chi connectivity index (χ4n) is 3.02. The van der Waals surface area contributed by atoms with Gasteiger partial charge in [-0.15, -0.1) is 0 Å². The lowest BCUT2D eigenvalue weighted by atomic mass is 10.0. The summed E-state index contributed by atoms with van der Waals surface area (Å²) in [7, 11) is 2.83. The van der Waals surface area contributed by atoms with Gasteiger partial charge in [-0.1, -0.05) is 36.4 Å². The zero-order valence-corrected chi connectivity index (χ0v) is 17.2. The van der Waals surface area contributed by atoms with Crippen molar-refractivity contribution in [1.82, 2.24) is 5.01 Å². The summed E-state index contributed by atoms with van der Waals surface area (Å²) in [4.78, 5) is 12.1. The van der Waals surface area contributed by atoms with E-state index in [0.717, 1.165) is 24.2 Å². The molecular weight excluding hydrogens is 384 g/mol. The normalized spacial score (nSPS) is 14.6. The van der Waals surface area contributed by atoms with Gasteiger partial charge in [0.2, 0.25) is 0 Å². The monoisotopic (exact) mass is 410 g/mol. The summed E-state index contributed by atoms with van der Waals surface area (Å²) in [6, 6.07) is 15.2. The number of benzene rings is 2. The predicted molar refractivity (Wildman–Crippen MR) is 114 cm³/mol. The van der Waals surface area contributed by atoms with Crippen molar-refractivity contribution in [2.24, 2.45) is 5.10 Å². The van der Waals surface area contributed by atoms with Crippen LogP contribution in [0.15, 0.2) is 59.9 Å². The first kappa shape index (κ1) is 21.4. The molecule has 7 nitrogen and oxygen atoms in total. The van der Waals surface area contributed by atoms with E-state index in [9.17, 15) is 4.79 Å². The fraction of sp³-hybridized carbons (Fsp3) is 0.304. The number of hydrogen-bond acceptors (Lipinski definition) is 7. The summed E-state index contributed by atoms with van der Waals surface area (Å²) >= 11 is 0. The number of carbonyl (C=O) groups excluding carboxylic acids is 1. The molecule has 1 saturated heterocycles. The average Bonchev–Trinajstić information content (AvgIpc) is 2.80. The quantitative estimate of drug-likeness (QED) is 0.288. The molecule has 0 aromatic heterocycles. The Kier molecular flexibility index (Phi) is 7.86. The minimum Gasteiger partial charge on any atom is -0.503 e. The summed E-state index contributed by atoms with van der Waals surface area (Å²) < 4.78 is 21.3. The maximum Gasteiger partial charge on any atom is 0.341 e. The summed E-state index contributed by atoms with van der Waals surface area (Å²) in [5.41, 5.74) is 2.84. The van der Waals surface area contributed by atoms with E-state index < -0.39 is 5.97 Å². The first-order valence-corrected chi connectivity index (χ1v) is 9.70. The van der Waals surface area contributed by atoms with Gasteiger partial charge in [-0.3, -0.25) is 5.01 Å². The van der Waals surface area contributed by atoms with Crippen LogP contribution in [0.5, 0.6) is 5.75 Å². The van der Waals surface area contributed by atoms with E-state index in [0.29, 0.717) is 30.1 Å². The molecule has 30 heavy (non-hydrogen) atoms. The molecule has 1 aliphatic heterocycles. The van der Waals surface area contributed by atoms with Crippen LogP contribution in [0.3, 0.4) is 0 Å². The van der Waals surface area contributed by atoms with Gasteiger partial charge in [0.25, 0.3) is 0 Å². The number of esters is 1. The molecular formula is C23H26N2O5. The first-order valence-electron chi connectivity index (χ1n) is 9.70. The third kappa shape index (κ3) is 5.84. The van der Waals surface area contributed by atoms with Gasteiger partial charge >= 0.3 is 5.97 Å². The largest absolute Gasteiger partial charge is 0.503 e. The van der Waals surface area contributed by atoms with Crippen LogP contribution in [-0.2, 0) is 25.6 Å². The second kappa shape index (κ2) is 11.0. The van der Waals surface area contributed by atoms with Gasteiger partial charge in [-0.2, -0.15) is 5.10 Å². The van der Waals surface area contributed by atoms with Crippen LogP contribution in [0.25, 0.3) is 5.57 Å². The van der Waals surface area contributed by atoms with E-state index >= 15 is 0 Å². The molecule has 1 aliphatic rings. The zero-order chi connectivity index (χ0) is 21.2. The highest BCUT2D eigenvalue weighted by Gasteiger charge is 2.17. The van der Waals surface area contributed by atoms with Crippen molar-refractivity contribution < 1.29 is 23.7 Å². The number of morpholine rings is 1. The maximum absolute atomic E-state index is 12.1. The highest BCUT2D eigenvalue weighted by atomic mass is 16.5. The van der Waals surface area contributed by atoms with Crippen LogP contribution in [-0.4, -0.2) is 57.7 Å². The molecule has 0 radical (unpaired) electrons. The lowest BCUT2D eigenvalue weighted by molar-refractivity contribution is -0.133. The van der Waals surface area contributed by atoms with Crippen molar-refractivity contribution in [2.45, 2.75) is 6.61 Å². The number of rotatable bonds is 8. The fourth-order valence-corrected chi connectivity index (χ4v) is 3.02. The Morgan fingerprint density at radius 1 is 1.13 bits per heavy atom. The molecule has 0 atom stereocenters.